The second-order valence-corrected chi connectivity index (χ2v) is 4.79. The maximum atomic E-state index is 13.4. The molecule has 0 radical (unpaired) electrons. The predicted octanol–water partition coefficient (Wildman–Crippen LogP) is 3.94. The zero-order valence-electron chi connectivity index (χ0n) is 10.7. The van der Waals surface area contributed by atoms with E-state index < -0.39 is 0 Å². The van der Waals surface area contributed by atoms with Crippen molar-refractivity contribution >= 4 is 0 Å². The van der Waals surface area contributed by atoms with E-state index in [1.54, 1.807) is 0 Å². The van der Waals surface area contributed by atoms with Gasteiger partial charge in [0.25, 0.3) is 0 Å². The number of rotatable bonds is 3. The Morgan fingerprint density at radius 1 is 1.00 bits per heavy atom. The summed E-state index contributed by atoms with van der Waals surface area (Å²) in [6, 6.07) is 14.9. The Morgan fingerprint density at radius 3 is 2.28 bits per heavy atom. The summed E-state index contributed by atoms with van der Waals surface area (Å²) in [5.41, 5.74) is 9.17. The van der Waals surface area contributed by atoms with Crippen LogP contribution in [0.2, 0.25) is 0 Å². The first-order valence-corrected chi connectivity index (χ1v) is 6.15. The molecule has 2 rings (SSSR count). The van der Waals surface area contributed by atoms with Crippen molar-refractivity contribution < 1.29 is 4.39 Å². The summed E-state index contributed by atoms with van der Waals surface area (Å²) in [5, 5.41) is 0. The van der Waals surface area contributed by atoms with Crippen molar-refractivity contribution in [2.24, 2.45) is 5.73 Å². The number of nitrogens with two attached hydrogens (primary N) is 1. The monoisotopic (exact) mass is 243 g/mol. The van der Waals surface area contributed by atoms with E-state index in [1.807, 2.05) is 31.2 Å². The molecular weight excluding hydrogens is 225 g/mol. The normalized spacial score (nSPS) is 14.2. The fourth-order valence-electron chi connectivity index (χ4n) is 2.21. The van der Waals surface area contributed by atoms with Crippen LogP contribution < -0.4 is 5.73 Å². The molecule has 0 saturated heterocycles. The van der Waals surface area contributed by atoms with Crippen LogP contribution in [0.25, 0.3) is 0 Å². The van der Waals surface area contributed by atoms with E-state index in [-0.39, 0.29) is 17.8 Å². The smallest absolute Gasteiger partial charge is 0.123 e. The predicted molar refractivity (Wildman–Crippen MR) is 72.9 cm³/mol. The van der Waals surface area contributed by atoms with Crippen molar-refractivity contribution in [3.63, 3.8) is 0 Å². The van der Waals surface area contributed by atoms with Crippen molar-refractivity contribution in [2.75, 3.05) is 0 Å². The van der Waals surface area contributed by atoms with Crippen molar-refractivity contribution in [3.05, 3.63) is 71.0 Å². The first kappa shape index (κ1) is 12.8. The van der Waals surface area contributed by atoms with Gasteiger partial charge < -0.3 is 5.73 Å². The van der Waals surface area contributed by atoms with Gasteiger partial charge in [-0.25, -0.2) is 4.39 Å². The molecule has 0 fully saturated rings. The second kappa shape index (κ2) is 5.32. The lowest BCUT2D eigenvalue weighted by Gasteiger charge is -2.21. The second-order valence-electron chi connectivity index (χ2n) is 4.79. The highest BCUT2D eigenvalue weighted by molar-refractivity contribution is 5.30. The van der Waals surface area contributed by atoms with Crippen LogP contribution in [0.5, 0.6) is 0 Å². The Balaban J connectivity index is 2.28. The van der Waals surface area contributed by atoms with Gasteiger partial charge in [-0.05, 0) is 35.7 Å². The Labute approximate surface area is 107 Å². The maximum absolute atomic E-state index is 13.4. The van der Waals surface area contributed by atoms with Gasteiger partial charge in [-0.3, -0.25) is 0 Å². The summed E-state index contributed by atoms with van der Waals surface area (Å²) in [6.45, 7) is 3.95. The molecule has 0 aromatic heterocycles. The molecule has 2 heteroatoms. The molecule has 0 amide bonds. The Hall–Kier alpha value is -1.67. The van der Waals surface area contributed by atoms with Crippen LogP contribution in [0.15, 0.2) is 48.5 Å². The fraction of sp³-hybridized carbons (Fsp3) is 0.250. The summed E-state index contributed by atoms with van der Waals surface area (Å²) >= 11 is 0. The standard InChI is InChI=1S/C16H18FN/c1-11-8-14(10-15(17)9-11)16(18)12(2)13-6-4-3-5-7-13/h3-10,12,16H,18H2,1-2H3. The molecule has 18 heavy (non-hydrogen) atoms. The Morgan fingerprint density at radius 2 is 1.67 bits per heavy atom. The van der Waals surface area contributed by atoms with E-state index in [2.05, 4.69) is 19.1 Å². The van der Waals surface area contributed by atoms with Crippen LogP contribution >= 0.6 is 0 Å². The molecule has 0 bridgehead atoms. The van der Waals surface area contributed by atoms with Crippen molar-refractivity contribution in [1.29, 1.82) is 0 Å². The average molecular weight is 243 g/mol. The lowest BCUT2D eigenvalue weighted by molar-refractivity contribution is 0.581. The minimum Gasteiger partial charge on any atom is -0.323 e. The molecule has 0 aliphatic rings. The summed E-state index contributed by atoms with van der Waals surface area (Å²) in [4.78, 5) is 0. The number of hydrogen-bond acceptors (Lipinski definition) is 1. The molecule has 2 aromatic carbocycles. The molecule has 2 N–H and O–H groups in total. The minimum absolute atomic E-state index is 0.160. The van der Waals surface area contributed by atoms with E-state index in [9.17, 15) is 4.39 Å². The van der Waals surface area contributed by atoms with Crippen LogP contribution in [0.4, 0.5) is 4.39 Å². The molecule has 0 spiro atoms. The Bertz CT molecular complexity index is 502. The third-order valence-electron chi connectivity index (χ3n) is 3.31. The number of hydrogen-bond donors (Lipinski definition) is 1. The average Bonchev–Trinajstić information content (AvgIpc) is 2.37. The van der Waals surface area contributed by atoms with Gasteiger partial charge in [-0.15, -0.1) is 0 Å². The largest absolute Gasteiger partial charge is 0.323 e. The number of benzene rings is 2. The lowest BCUT2D eigenvalue weighted by atomic mass is 9.89. The van der Waals surface area contributed by atoms with Gasteiger partial charge in [0.15, 0.2) is 0 Å². The van der Waals surface area contributed by atoms with E-state index in [1.165, 1.54) is 17.7 Å². The summed E-state index contributed by atoms with van der Waals surface area (Å²) in [6.07, 6.45) is 0. The summed E-state index contributed by atoms with van der Waals surface area (Å²) < 4.78 is 13.4. The first-order valence-electron chi connectivity index (χ1n) is 6.15. The number of halogens is 1. The molecule has 1 nitrogen and oxygen atoms in total. The van der Waals surface area contributed by atoms with Gasteiger partial charge in [-0.1, -0.05) is 43.3 Å². The van der Waals surface area contributed by atoms with E-state index in [0.717, 1.165) is 11.1 Å². The molecule has 2 aromatic rings. The third-order valence-corrected chi connectivity index (χ3v) is 3.31. The van der Waals surface area contributed by atoms with Crippen molar-refractivity contribution in [3.8, 4) is 0 Å². The SMILES string of the molecule is Cc1cc(F)cc(C(N)C(C)c2ccccc2)c1. The quantitative estimate of drug-likeness (QED) is 0.868. The highest BCUT2D eigenvalue weighted by Gasteiger charge is 2.17. The molecule has 2 atom stereocenters. The van der Waals surface area contributed by atoms with Crippen LogP contribution in [-0.4, -0.2) is 0 Å². The van der Waals surface area contributed by atoms with Gasteiger partial charge in [0.2, 0.25) is 0 Å². The third kappa shape index (κ3) is 2.77. The molecule has 94 valence electrons. The van der Waals surface area contributed by atoms with Crippen LogP contribution in [0.1, 0.15) is 35.6 Å². The van der Waals surface area contributed by atoms with Crippen molar-refractivity contribution in [1.82, 2.24) is 0 Å². The zero-order chi connectivity index (χ0) is 13.1. The molecule has 0 saturated carbocycles. The maximum Gasteiger partial charge on any atom is 0.123 e. The van der Waals surface area contributed by atoms with E-state index >= 15 is 0 Å². The highest BCUT2D eigenvalue weighted by atomic mass is 19.1. The van der Waals surface area contributed by atoms with Crippen LogP contribution in [0.3, 0.4) is 0 Å². The molecule has 0 heterocycles. The first-order chi connectivity index (χ1) is 8.58. The van der Waals surface area contributed by atoms with Gasteiger partial charge in [-0.2, -0.15) is 0 Å². The lowest BCUT2D eigenvalue weighted by Crippen LogP contribution is -2.18. The van der Waals surface area contributed by atoms with Gasteiger partial charge in [0.1, 0.15) is 5.82 Å². The molecular formula is C16H18FN. The van der Waals surface area contributed by atoms with Gasteiger partial charge >= 0.3 is 0 Å². The Kier molecular flexibility index (Phi) is 3.78. The molecule has 0 aliphatic heterocycles. The zero-order valence-corrected chi connectivity index (χ0v) is 10.7. The highest BCUT2D eigenvalue weighted by Crippen LogP contribution is 2.29. The minimum atomic E-state index is -0.222. The topological polar surface area (TPSA) is 26.0 Å². The van der Waals surface area contributed by atoms with Gasteiger partial charge in [0, 0.05) is 12.0 Å². The summed E-state index contributed by atoms with van der Waals surface area (Å²) in [7, 11) is 0. The van der Waals surface area contributed by atoms with Crippen molar-refractivity contribution in [2.45, 2.75) is 25.8 Å². The van der Waals surface area contributed by atoms with Crippen LogP contribution in [-0.2, 0) is 0 Å². The van der Waals surface area contributed by atoms with Gasteiger partial charge in [0.05, 0.1) is 0 Å². The summed E-state index contributed by atoms with van der Waals surface area (Å²) in [5.74, 6) is -0.0619. The molecule has 0 aliphatic carbocycles. The van der Waals surface area contributed by atoms with Crippen LogP contribution in [0, 0.1) is 12.7 Å². The van der Waals surface area contributed by atoms with E-state index in [4.69, 9.17) is 5.73 Å². The van der Waals surface area contributed by atoms with E-state index in [0.29, 0.717) is 0 Å². The fourth-order valence-corrected chi connectivity index (χ4v) is 2.21. The number of aryl methyl sites for hydroxylation is 1. The molecule has 2 unspecified atom stereocenters.